The van der Waals surface area contributed by atoms with Crippen molar-refractivity contribution in [3.8, 4) is 0 Å². The molecule has 1 saturated heterocycles. The Morgan fingerprint density at radius 3 is 2.45 bits per heavy atom. The van der Waals surface area contributed by atoms with Crippen molar-refractivity contribution in [3.05, 3.63) is 0 Å². The molecule has 0 aliphatic carbocycles. The summed E-state index contributed by atoms with van der Waals surface area (Å²) in [5.41, 5.74) is 4.99. The number of hydrogen-bond acceptors (Lipinski definition) is 4. The van der Waals surface area contributed by atoms with Crippen LogP contribution in [0.4, 0.5) is 0 Å². The maximum atomic E-state index is 11.6. The zero-order chi connectivity index (χ0) is 15.0. The zero-order valence-electron chi connectivity index (χ0n) is 13.5. The number of nitrogens with zero attached hydrogens (tertiary/aromatic N) is 2. The summed E-state index contributed by atoms with van der Waals surface area (Å²) in [5, 5.41) is 3.29. The van der Waals surface area contributed by atoms with Crippen molar-refractivity contribution >= 4 is 5.91 Å². The van der Waals surface area contributed by atoms with Gasteiger partial charge in [0.25, 0.3) is 0 Å². The largest absolute Gasteiger partial charge is 0.368 e. The van der Waals surface area contributed by atoms with Crippen LogP contribution in [0.5, 0.6) is 0 Å². The molecule has 5 nitrogen and oxygen atoms in total. The number of primary amides is 1. The lowest BCUT2D eigenvalue weighted by atomic mass is 9.93. The first kappa shape index (κ1) is 17.4. The lowest BCUT2D eigenvalue weighted by Gasteiger charge is -2.32. The van der Waals surface area contributed by atoms with E-state index >= 15 is 0 Å². The summed E-state index contributed by atoms with van der Waals surface area (Å²) in [7, 11) is 2.18. The minimum absolute atomic E-state index is 0.231. The number of piperazine rings is 1. The molecule has 1 amide bonds. The highest BCUT2D eigenvalue weighted by atomic mass is 16.1. The van der Waals surface area contributed by atoms with Crippen LogP contribution in [-0.4, -0.2) is 67.6 Å². The van der Waals surface area contributed by atoms with E-state index in [-0.39, 0.29) is 5.91 Å². The van der Waals surface area contributed by atoms with Gasteiger partial charge in [-0.25, -0.2) is 0 Å². The summed E-state index contributed by atoms with van der Waals surface area (Å²) in [6.07, 6.45) is 4.03. The highest BCUT2D eigenvalue weighted by Crippen LogP contribution is 2.14. The number of likely N-dealkylation sites (N-methyl/N-ethyl adjacent to an activating group) is 1. The number of amides is 1. The van der Waals surface area contributed by atoms with E-state index in [9.17, 15) is 4.79 Å². The smallest absolute Gasteiger partial charge is 0.237 e. The van der Waals surface area contributed by atoms with Crippen molar-refractivity contribution in [2.75, 3.05) is 46.3 Å². The van der Waals surface area contributed by atoms with E-state index in [0.29, 0.717) is 0 Å². The van der Waals surface area contributed by atoms with Gasteiger partial charge in [-0.2, -0.15) is 0 Å². The summed E-state index contributed by atoms with van der Waals surface area (Å²) in [5.74, 6) is -0.231. The summed E-state index contributed by atoms with van der Waals surface area (Å²) in [6, 6.07) is 0. The van der Waals surface area contributed by atoms with Gasteiger partial charge in [0.15, 0.2) is 0 Å². The summed E-state index contributed by atoms with van der Waals surface area (Å²) in [4.78, 5) is 16.5. The van der Waals surface area contributed by atoms with Gasteiger partial charge in [-0.3, -0.25) is 4.79 Å². The number of carbonyl (C=O) groups excluding carboxylic acids is 1. The fourth-order valence-corrected chi connectivity index (χ4v) is 2.59. The van der Waals surface area contributed by atoms with Gasteiger partial charge in [0.1, 0.15) is 0 Å². The standard InChI is InChI=1S/C15H32N4O/c1-4-8-17-15(2,14(16)20)7-5-6-9-19-12-10-18(3)11-13-19/h17H,4-13H2,1-3H3,(H2,16,20). The number of rotatable bonds is 9. The molecule has 118 valence electrons. The Kier molecular flexibility index (Phi) is 7.48. The Hall–Kier alpha value is -0.650. The first-order valence-electron chi connectivity index (χ1n) is 7.94. The van der Waals surface area contributed by atoms with E-state index in [2.05, 4.69) is 29.1 Å². The molecule has 20 heavy (non-hydrogen) atoms. The topological polar surface area (TPSA) is 61.6 Å². The second-order valence-corrected chi connectivity index (χ2v) is 6.23. The molecule has 0 spiro atoms. The van der Waals surface area contributed by atoms with Gasteiger partial charge < -0.3 is 20.9 Å². The average Bonchev–Trinajstić information content (AvgIpc) is 2.43. The average molecular weight is 284 g/mol. The second-order valence-electron chi connectivity index (χ2n) is 6.23. The molecule has 1 atom stereocenters. The van der Waals surface area contributed by atoms with Crippen LogP contribution >= 0.6 is 0 Å². The molecule has 0 saturated carbocycles. The third kappa shape index (κ3) is 5.77. The van der Waals surface area contributed by atoms with Crippen molar-refractivity contribution in [1.82, 2.24) is 15.1 Å². The molecule has 5 heteroatoms. The van der Waals surface area contributed by atoms with E-state index in [1.807, 2.05) is 6.92 Å². The van der Waals surface area contributed by atoms with Crippen LogP contribution < -0.4 is 11.1 Å². The fourth-order valence-electron chi connectivity index (χ4n) is 2.59. The fraction of sp³-hybridized carbons (Fsp3) is 0.933. The summed E-state index contributed by atoms with van der Waals surface area (Å²) >= 11 is 0. The third-order valence-corrected chi connectivity index (χ3v) is 4.31. The van der Waals surface area contributed by atoms with Gasteiger partial charge in [-0.1, -0.05) is 6.92 Å². The Labute approximate surface area is 123 Å². The van der Waals surface area contributed by atoms with Crippen LogP contribution in [0.25, 0.3) is 0 Å². The molecule has 1 rings (SSSR count). The van der Waals surface area contributed by atoms with Crippen LogP contribution in [-0.2, 0) is 4.79 Å². The van der Waals surface area contributed by atoms with Crippen LogP contribution in [0, 0.1) is 0 Å². The van der Waals surface area contributed by atoms with Crippen molar-refractivity contribution < 1.29 is 4.79 Å². The van der Waals surface area contributed by atoms with E-state index in [0.717, 1.165) is 65.0 Å². The van der Waals surface area contributed by atoms with Crippen LogP contribution in [0.2, 0.25) is 0 Å². The Morgan fingerprint density at radius 2 is 1.90 bits per heavy atom. The predicted molar refractivity (Wildman–Crippen MR) is 83.7 cm³/mol. The molecule has 0 bridgehead atoms. The van der Waals surface area contributed by atoms with Crippen molar-refractivity contribution in [2.24, 2.45) is 5.73 Å². The van der Waals surface area contributed by atoms with Gasteiger partial charge >= 0.3 is 0 Å². The maximum absolute atomic E-state index is 11.6. The van der Waals surface area contributed by atoms with Gasteiger partial charge in [-0.05, 0) is 52.7 Å². The first-order chi connectivity index (χ1) is 9.48. The number of nitrogens with one attached hydrogen (secondary N) is 1. The monoisotopic (exact) mass is 284 g/mol. The SMILES string of the molecule is CCCNC(C)(CCCCN1CCN(C)CC1)C(N)=O. The quantitative estimate of drug-likeness (QED) is 0.610. The molecule has 0 aromatic heterocycles. The zero-order valence-corrected chi connectivity index (χ0v) is 13.5. The molecule has 1 aliphatic rings. The molecule has 3 N–H and O–H groups in total. The minimum Gasteiger partial charge on any atom is -0.368 e. The van der Waals surface area contributed by atoms with Crippen molar-refractivity contribution in [3.63, 3.8) is 0 Å². The van der Waals surface area contributed by atoms with E-state index in [4.69, 9.17) is 5.73 Å². The van der Waals surface area contributed by atoms with Gasteiger partial charge in [0.05, 0.1) is 5.54 Å². The van der Waals surface area contributed by atoms with E-state index < -0.39 is 5.54 Å². The third-order valence-electron chi connectivity index (χ3n) is 4.31. The molecule has 1 aliphatic heterocycles. The van der Waals surface area contributed by atoms with Crippen LogP contribution in [0.3, 0.4) is 0 Å². The van der Waals surface area contributed by atoms with Crippen LogP contribution in [0.15, 0.2) is 0 Å². The number of unbranched alkanes of at least 4 members (excludes halogenated alkanes) is 1. The van der Waals surface area contributed by atoms with Crippen molar-refractivity contribution in [1.29, 1.82) is 0 Å². The van der Waals surface area contributed by atoms with E-state index in [1.54, 1.807) is 0 Å². The lowest BCUT2D eigenvalue weighted by molar-refractivity contribution is -0.124. The van der Waals surface area contributed by atoms with Crippen molar-refractivity contribution in [2.45, 2.75) is 45.1 Å². The molecule has 0 aromatic rings. The minimum atomic E-state index is -0.544. The maximum Gasteiger partial charge on any atom is 0.237 e. The predicted octanol–water partition coefficient (Wildman–Crippen LogP) is 0.648. The molecule has 1 heterocycles. The molecular weight excluding hydrogens is 252 g/mol. The van der Waals surface area contributed by atoms with Gasteiger partial charge in [0, 0.05) is 26.2 Å². The Bertz CT molecular complexity index is 290. The molecule has 0 radical (unpaired) electrons. The van der Waals surface area contributed by atoms with Gasteiger partial charge in [0.2, 0.25) is 5.91 Å². The molecule has 0 aromatic carbocycles. The van der Waals surface area contributed by atoms with Gasteiger partial charge in [-0.15, -0.1) is 0 Å². The summed E-state index contributed by atoms with van der Waals surface area (Å²) < 4.78 is 0. The highest BCUT2D eigenvalue weighted by molar-refractivity contribution is 5.84. The molecular formula is C15H32N4O. The second kappa shape index (κ2) is 8.60. The number of hydrogen-bond donors (Lipinski definition) is 2. The van der Waals surface area contributed by atoms with Crippen LogP contribution in [0.1, 0.15) is 39.5 Å². The first-order valence-corrected chi connectivity index (χ1v) is 7.94. The highest BCUT2D eigenvalue weighted by Gasteiger charge is 2.29. The Morgan fingerprint density at radius 1 is 1.25 bits per heavy atom. The Balaban J connectivity index is 2.22. The molecule has 1 unspecified atom stereocenters. The lowest BCUT2D eigenvalue weighted by Crippen LogP contribution is -2.53. The normalized spacial score (nSPS) is 20.8. The summed E-state index contributed by atoms with van der Waals surface area (Å²) in [6.45, 7) is 10.7. The number of carbonyl (C=O) groups is 1. The molecule has 1 fully saturated rings. The number of nitrogens with two attached hydrogens (primary N) is 1. The van der Waals surface area contributed by atoms with E-state index in [1.165, 1.54) is 0 Å².